The number of nitrogens with zero attached hydrogens (tertiary/aromatic N) is 2. The van der Waals surface area contributed by atoms with Crippen LogP contribution in [0.3, 0.4) is 0 Å². The lowest BCUT2D eigenvalue weighted by Gasteiger charge is -2.32. The van der Waals surface area contributed by atoms with Crippen LogP contribution in [0.5, 0.6) is 0 Å². The molecule has 34 heavy (non-hydrogen) atoms. The fraction of sp³-hybridized carbons (Fsp3) is 0.300. The Balaban J connectivity index is 2.34. The van der Waals surface area contributed by atoms with Crippen LogP contribution in [0, 0.1) is 40.9 Å². The molecule has 0 saturated carbocycles. The molecule has 0 aliphatic heterocycles. The summed E-state index contributed by atoms with van der Waals surface area (Å²) in [4.78, 5) is 1.79. The van der Waals surface area contributed by atoms with E-state index in [1.54, 1.807) is 4.90 Å². The lowest BCUT2D eigenvalue weighted by atomic mass is 9.90. The van der Waals surface area contributed by atoms with Crippen molar-refractivity contribution >= 4 is 17.4 Å². The highest BCUT2D eigenvalue weighted by molar-refractivity contribution is 6.28. The minimum absolute atomic E-state index is 0.258. The van der Waals surface area contributed by atoms with Crippen LogP contribution < -0.4 is 4.90 Å². The van der Waals surface area contributed by atoms with Crippen LogP contribution in [0.1, 0.15) is 61.1 Å². The fourth-order valence-electron chi connectivity index (χ4n) is 4.32. The van der Waals surface area contributed by atoms with Gasteiger partial charge in [0.05, 0.1) is 17.3 Å². The predicted octanol–water partition coefficient (Wildman–Crippen LogP) is 7.12. The smallest absolute Gasteiger partial charge is 0.138 e. The van der Waals surface area contributed by atoms with Crippen molar-refractivity contribution in [3.63, 3.8) is 0 Å². The minimum Gasteiger partial charge on any atom is -0.284 e. The Morgan fingerprint density at radius 2 is 1.35 bits per heavy atom. The van der Waals surface area contributed by atoms with Crippen LogP contribution in [-0.2, 0) is 12.8 Å². The minimum atomic E-state index is 0.258. The van der Waals surface area contributed by atoms with E-state index in [2.05, 4.69) is 33.8 Å². The number of anilines is 1. The second-order valence-corrected chi connectivity index (χ2v) is 9.66. The molecule has 4 heteroatoms. The van der Waals surface area contributed by atoms with Gasteiger partial charge in [-0.2, -0.15) is 5.26 Å². The summed E-state index contributed by atoms with van der Waals surface area (Å²) in [6, 6.07) is 23.6. The molecule has 3 rings (SSSR count). The molecule has 3 aromatic carbocycles. The quantitative estimate of drug-likeness (QED) is 0.297. The maximum absolute atomic E-state index is 9.75. The number of amidine groups is 2. The van der Waals surface area contributed by atoms with Crippen molar-refractivity contribution in [1.82, 2.24) is 0 Å². The van der Waals surface area contributed by atoms with Gasteiger partial charge in [-0.15, -0.1) is 0 Å². The van der Waals surface area contributed by atoms with Gasteiger partial charge in [-0.05, 0) is 60.4 Å². The molecule has 3 aromatic rings. The number of rotatable bonds is 7. The van der Waals surface area contributed by atoms with E-state index in [4.69, 9.17) is 0 Å². The van der Waals surface area contributed by atoms with Gasteiger partial charge in [0.1, 0.15) is 11.7 Å². The van der Waals surface area contributed by atoms with Crippen LogP contribution >= 0.6 is 0 Å². The highest BCUT2D eigenvalue weighted by Crippen LogP contribution is 2.34. The van der Waals surface area contributed by atoms with E-state index in [0.717, 1.165) is 46.3 Å². The highest BCUT2D eigenvalue weighted by Gasteiger charge is 2.27. The second-order valence-electron chi connectivity index (χ2n) is 9.66. The molecule has 0 spiro atoms. The van der Waals surface area contributed by atoms with Crippen molar-refractivity contribution in [2.75, 3.05) is 4.90 Å². The van der Waals surface area contributed by atoms with Crippen molar-refractivity contribution in [3.05, 3.63) is 100 Å². The molecular formula is C30H34N4. The molecule has 0 fully saturated rings. The summed E-state index contributed by atoms with van der Waals surface area (Å²) >= 11 is 0. The standard InChI is InChI=1S/C30H34N4/c1-20(2)15-25-17-23(19-31)18-26(16-21(3)4)28(25)34(29(32)24-12-7-6-8-13-24)30(33)27-14-10-9-11-22(27)5/h6-14,17-18,20-21,32-33H,15-16H2,1-5H3. The third kappa shape index (κ3) is 5.61. The molecule has 0 saturated heterocycles. The van der Waals surface area contributed by atoms with E-state index >= 15 is 0 Å². The van der Waals surface area contributed by atoms with Crippen molar-refractivity contribution in [2.24, 2.45) is 11.8 Å². The molecule has 0 unspecified atom stereocenters. The maximum atomic E-state index is 9.75. The molecule has 0 amide bonds. The third-order valence-corrected chi connectivity index (χ3v) is 5.77. The van der Waals surface area contributed by atoms with Gasteiger partial charge in [-0.1, -0.05) is 82.3 Å². The maximum Gasteiger partial charge on any atom is 0.138 e. The number of benzene rings is 3. The highest BCUT2D eigenvalue weighted by atomic mass is 15.2. The molecule has 2 N–H and O–H groups in total. The van der Waals surface area contributed by atoms with Gasteiger partial charge in [0, 0.05) is 11.1 Å². The number of hydrogen-bond acceptors (Lipinski definition) is 3. The van der Waals surface area contributed by atoms with Crippen molar-refractivity contribution in [3.8, 4) is 6.07 Å². The van der Waals surface area contributed by atoms with E-state index in [-0.39, 0.29) is 11.7 Å². The Labute approximate surface area is 203 Å². The average Bonchev–Trinajstić information content (AvgIpc) is 2.80. The Hall–Kier alpha value is -3.71. The van der Waals surface area contributed by atoms with Crippen LogP contribution in [0.25, 0.3) is 0 Å². The zero-order valence-corrected chi connectivity index (χ0v) is 20.8. The molecule has 4 nitrogen and oxygen atoms in total. The van der Waals surface area contributed by atoms with Crippen molar-refractivity contribution in [1.29, 1.82) is 16.1 Å². The molecule has 0 aliphatic rings. The number of aryl methyl sites for hydroxylation is 1. The van der Waals surface area contributed by atoms with Gasteiger partial charge in [0.2, 0.25) is 0 Å². The SMILES string of the molecule is Cc1ccccc1C(=N)N(C(=N)c1ccccc1)c1c(CC(C)C)cc(C#N)cc1CC(C)C. The monoisotopic (exact) mass is 450 g/mol. The van der Waals surface area contributed by atoms with E-state index in [1.807, 2.05) is 73.7 Å². The molecule has 0 bridgehead atoms. The summed E-state index contributed by atoms with van der Waals surface area (Å²) in [5.74, 6) is 1.25. The van der Waals surface area contributed by atoms with Crippen LogP contribution in [0.15, 0.2) is 66.7 Å². The van der Waals surface area contributed by atoms with Crippen LogP contribution in [-0.4, -0.2) is 11.7 Å². The topological polar surface area (TPSA) is 74.7 Å². The first-order chi connectivity index (χ1) is 16.2. The van der Waals surface area contributed by atoms with Gasteiger partial charge >= 0.3 is 0 Å². The lowest BCUT2D eigenvalue weighted by molar-refractivity contribution is 0.636. The van der Waals surface area contributed by atoms with Gasteiger partial charge in [0.15, 0.2) is 0 Å². The zero-order valence-electron chi connectivity index (χ0n) is 20.8. The average molecular weight is 451 g/mol. The second kappa shape index (κ2) is 10.9. The number of nitrogens with one attached hydrogen (secondary N) is 2. The summed E-state index contributed by atoms with van der Waals surface area (Å²) in [5.41, 5.74) is 6.03. The number of hydrogen-bond donors (Lipinski definition) is 2. The fourth-order valence-corrected chi connectivity index (χ4v) is 4.32. The first-order valence-electron chi connectivity index (χ1n) is 11.9. The summed E-state index contributed by atoms with van der Waals surface area (Å²) < 4.78 is 0. The summed E-state index contributed by atoms with van der Waals surface area (Å²) in [6.07, 6.45) is 1.52. The van der Waals surface area contributed by atoms with Crippen LogP contribution in [0.4, 0.5) is 5.69 Å². The summed E-state index contributed by atoms with van der Waals surface area (Å²) in [7, 11) is 0. The first-order valence-corrected chi connectivity index (χ1v) is 11.9. The normalized spacial score (nSPS) is 10.9. The third-order valence-electron chi connectivity index (χ3n) is 5.77. The molecule has 0 heterocycles. The predicted molar refractivity (Wildman–Crippen MR) is 142 cm³/mol. The van der Waals surface area contributed by atoms with Gasteiger partial charge < -0.3 is 0 Å². The molecule has 0 atom stereocenters. The molecule has 174 valence electrons. The van der Waals surface area contributed by atoms with Crippen molar-refractivity contribution < 1.29 is 0 Å². The lowest BCUT2D eigenvalue weighted by Crippen LogP contribution is -2.39. The van der Waals surface area contributed by atoms with Gasteiger partial charge in [-0.3, -0.25) is 15.7 Å². The molecule has 0 aliphatic carbocycles. The zero-order chi connectivity index (χ0) is 24.8. The Bertz CT molecular complexity index is 1190. The number of nitriles is 1. The summed E-state index contributed by atoms with van der Waals surface area (Å²) in [6.45, 7) is 10.6. The van der Waals surface area contributed by atoms with E-state index in [1.165, 1.54) is 0 Å². The molecule has 0 aromatic heterocycles. The molecular weight excluding hydrogens is 416 g/mol. The Morgan fingerprint density at radius 3 is 1.85 bits per heavy atom. The summed E-state index contributed by atoms with van der Waals surface area (Å²) in [5, 5.41) is 28.3. The largest absolute Gasteiger partial charge is 0.284 e. The van der Waals surface area contributed by atoms with E-state index in [9.17, 15) is 16.1 Å². The van der Waals surface area contributed by atoms with Gasteiger partial charge in [-0.25, -0.2) is 0 Å². The Kier molecular flexibility index (Phi) is 8.02. The van der Waals surface area contributed by atoms with Crippen molar-refractivity contribution in [2.45, 2.75) is 47.5 Å². The van der Waals surface area contributed by atoms with Crippen LogP contribution in [0.2, 0.25) is 0 Å². The van der Waals surface area contributed by atoms with Gasteiger partial charge in [0.25, 0.3) is 0 Å². The molecule has 0 radical (unpaired) electrons. The first kappa shape index (κ1) is 24.9. The van der Waals surface area contributed by atoms with E-state index < -0.39 is 0 Å². The Morgan fingerprint density at radius 1 is 0.824 bits per heavy atom. The van der Waals surface area contributed by atoms with E-state index in [0.29, 0.717) is 17.4 Å².